The molecule has 5 heteroatoms. The molecule has 0 aliphatic carbocycles. The van der Waals surface area contributed by atoms with Crippen LogP contribution in [0.3, 0.4) is 0 Å². The molecular formula is C15H20N2O2S. The van der Waals surface area contributed by atoms with E-state index in [9.17, 15) is 0 Å². The highest BCUT2D eigenvalue weighted by atomic mass is 32.1. The minimum atomic E-state index is 0.469. The van der Waals surface area contributed by atoms with Gasteiger partial charge in [-0.25, -0.2) is 4.98 Å². The van der Waals surface area contributed by atoms with Gasteiger partial charge in [0.05, 0.1) is 19.8 Å². The molecule has 0 aliphatic heterocycles. The van der Waals surface area contributed by atoms with Gasteiger partial charge in [0.2, 0.25) is 0 Å². The maximum absolute atomic E-state index is 5.42. The van der Waals surface area contributed by atoms with Crippen molar-refractivity contribution in [3.8, 4) is 22.1 Å². The first-order valence-electron chi connectivity index (χ1n) is 6.54. The standard InChI is InChI=1S/C15H20N2O2S/c1-10(2)16-8-12-9-17-15(20-12)13-6-5-11(18-3)7-14(13)19-4/h5-7,9-10,16H,8H2,1-4H3. The molecule has 0 amide bonds. The smallest absolute Gasteiger partial charge is 0.132 e. The van der Waals surface area contributed by atoms with Crippen molar-refractivity contribution in [2.75, 3.05) is 14.2 Å². The van der Waals surface area contributed by atoms with E-state index >= 15 is 0 Å². The Bertz CT molecular complexity index is 567. The first-order valence-corrected chi connectivity index (χ1v) is 7.36. The van der Waals surface area contributed by atoms with Crippen molar-refractivity contribution in [2.24, 2.45) is 0 Å². The second-order valence-corrected chi connectivity index (χ2v) is 5.85. The number of nitrogens with zero attached hydrogens (tertiary/aromatic N) is 1. The lowest BCUT2D eigenvalue weighted by Crippen LogP contribution is -2.21. The number of benzene rings is 1. The van der Waals surface area contributed by atoms with Crippen LogP contribution in [0, 0.1) is 0 Å². The molecule has 1 N–H and O–H groups in total. The van der Waals surface area contributed by atoms with Crippen molar-refractivity contribution in [3.05, 3.63) is 29.3 Å². The third-order valence-electron chi connectivity index (χ3n) is 2.88. The molecule has 0 fully saturated rings. The summed E-state index contributed by atoms with van der Waals surface area (Å²) in [6, 6.07) is 6.25. The van der Waals surface area contributed by atoms with Crippen molar-refractivity contribution in [1.82, 2.24) is 10.3 Å². The summed E-state index contributed by atoms with van der Waals surface area (Å²) in [5.41, 5.74) is 0.995. The first kappa shape index (κ1) is 14.8. The summed E-state index contributed by atoms with van der Waals surface area (Å²) in [5, 5.41) is 4.36. The second kappa shape index (κ2) is 6.72. The lowest BCUT2D eigenvalue weighted by atomic mass is 10.2. The maximum atomic E-state index is 5.42. The zero-order chi connectivity index (χ0) is 14.5. The molecule has 0 radical (unpaired) electrons. The summed E-state index contributed by atoms with van der Waals surface area (Å²) in [6.45, 7) is 5.11. The van der Waals surface area contributed by atoms with Gasteiger partial charge in [-0.1, -0.05) is 13.8 Å². The molecule has 0 unspecified atom stereocenters. The van der Waals surface area contributed by atoms with Crippen LogP contribution in [0.25, 0.3) is 10.6 Å². The minimum absolute atomic E-state index is 0.469. The van der Waals surface area contributed by atoms with E-state index in [2.05, 4.69) is 24.1 Å². The fourth-order valence-electron chi connectivity index (χ4n) is 1.79. The van der Waals surface area contributed by atoms with Crippen molar-refractivity contribution in [1.29, 1.82) is 0 Å². The quantitative estimate of drug-likeness (QED) is 0.887. The number of aromatic nitrogens is 1. The molecule has 1 aromatic carbocycles. The van der Waals surface area contributed by atoms with E-state index < -0.39 is 0 Å². The Morgan fingerprint density at radius 3 is 2.70 bits per heavy atom. The fourth-order valence-corrected chi connectivity index (χ4v) is 2.69. The normalized spacial score (nSPS) is 10.8. The monoisotopic (exact) mass is 292 g/mol. The molecule has 4 nitrogen and oxygen atoms in total. The maximum Gasteiger partial charge on any atom is 0.132 e. The molecule has 1 aromatic heterocycles. The van der Waals surface area contributed by atoms with E-state index in [1.807, 2.05) is 24.4 Å². The molecule has 20 heavy (non-hydrogen) atoms. The zero-order valence-corrected chi connectivity index (χ0v) is 13.1. The third-order valence-corrected chi connectivity index (χ3v) is 3.91. The summed E-state index contributed by atoms with van der Waals surface area (Å²) in [6.07, 6.45) is 1.92. The van der Waals surface area contributed by atoms with Gasteiger partial charge >= 0.3 is 0 Å². The predicted molar refractivity (Wildman–Crippen MR) is 82.6 cm³/mol. The van der Waals surface area contributed by atoms with Crippen LogP contribution in [-0.2, 0) is 6.54 Å². The lowest BCUT2D eigenvalue weighted by Gasteiger charge is -2.08. The van der Waals surface area contributed by atoms with Gasteiger partial charge in [0.1, 0.15) is 16.5 Å². The highest BCUT2D eigenvalue weighted by Crippen LogP contribution is 2.35. The van der Waals surface area contributed by atoms with Crippen molar-refractivity contribution >= 4 is 11.3 Å². The molecule has 108 valence electrons. The van der Waals surface area contributed by atoms with E-state index in [-0.39, 0.29) is 0 Å². The average Bonchev–Trinajstić information content (AvgIpc) is 2.93. The number of ether oxygens (including phenoxy) is 2. The van der Waals surface area contributed by atoms with Gasteiger partial charge in [-0.2, -0.15) is 0 Å². The second-order valence-electron chi connectivity index (χ2n) is 4.73. The van der Waals surface area contributed by atoms with E-state index in [1.165, 1.54) is 4.88 Å². The van der Waals surface area contributed by atoms with Gasteiger partial charge in [0, 0.05) is 29.7 Å². The number of hydrogen-bond acceptors (Lipinski definition) is 5. The number of nitrogens with one attached hydrogen (secondary N) is 1. The largest absolute Gasteiger partial charge is 0.497 e. The predicted octanol–water partition coefficient (Wildman–Crippen LogP) is 3.33. The Hall–Kier alpha value is -1.59. The van der Waals surface area contributed by atoms with Gasteiger partial charge in [-0.05, 0) is 12.1 Å². The topological polar surface area (TPSA) is 43.4 Å². The van der Waals surface area contributed by atoms with Crippen LogP contribution in [0.1, 0.15) is 18.7 Å². The van der Waals surface area contributed by atoms with Crippen LogP contribution >= 0.6 is 11.3 Å². The average molecular weight is 292 g/mol. The highest BCUT2D eigenvalue weighted by Gasteiger charge is 2.11. The SMILES string of the molecule is COc1ccc(-c2ncc(CNC(C)C)s2)c(OC)c1. The van der Waals surface area contributed by atoms with Crippen molar-refractivity contribution in [3.63, 3.8) is 0 Å². The Labute approximate surface area is 123 Å². The number of rotatable bonds is 6. The summed E-state index contributed by atoms with van der Waals surface area (Å²) < 4.78 is 10.6. The van der Waals surface area contributed by atoms with Crippen LogP contribution in [0.15, 0.2) is 24.4 Å². The minimum Gasteiger partial charge on any atom is -0.497 e. The molecule has 0 atom stereocenters. The summed E-state index contributed by atoms with van der Waals surface area (Å²) >= 11 is 1.68. The Kier molecular flexibility index (Phi) is 4.98. The Morgan fingerprint density at radius 1 is 1.25 bits per heavy atom. The van der Waals surface area contributed by atoms with Gasteiger partial charge < -0.3 is 14.8 Å². The van der Waals surface area contributed by atoms with Gasteiger partial charge in [0.25, 0.3) is 0 Å². The molecule has 2 rings (SSSR count). The molecular weight excluding hydrogens is 272 g/mol. The van der Waals surface area contributed by atoms with Crippen LogP contribution in [-0.4, -0.2) is 25.2 Å². The Morgan fingerprint density at radius 2 is 2.05 bits per heavy atom. The number of methoxy groups -OCH3 is 2. The molecule has 0 saturated carbocycles. The molecule has 0 spiro atoms. The molecule has 0 aliphatic rings. The van der Waals surface area contributed by atoms with Crippen molar-refractivity contribution < 1.29 is 9.47 Å². The molecule has 0 bridgehead atoms. The number of hydrogen-bond donors (Lipinski definition) is 1. The van der Waals surface area contributed by atoms with Gasteiger partial charge in [0.15, 0.2) is 0 Å². The highest BCUT2D eigenvalue weighted by molar-refractivity contribution is 7.15. The fraction of sp³-hybridized carbons (Fsp3) is 0.400. The summed E-state index contributed by atoms with van der Waals surface area (Å²) in [5.74, 6) is 1.56. The number of thiazole rings is 1. The first-order chi connectivity index (χ1) is 9.63. The third kappa shape index (κ3) is 3.49. The van der Waals surface area contributed by atoms with E-state index in [0.717, 1.165) is 28.6 Å². The van der Waals surface area contributed by atoms with Gasteiger partial charge in [-0.3, -0.25) is 0 Å². The van der Waals surface area contributed by atoms with Crippen LogP contribution < -0.4 is 14.8 Å². The van der Waals surface area contributed by atoms with Crippen LogP contribution in [0.5, 0.6) is 11.5 Å². The molecule has 1 heterocycles. The van der Waals surface area contributed by atoms with E-state index in [4.69, 9.17) is 9.47 Å². The van der Waals surface area contributed by atoms with Crippen LogP contribution in [0.4, 0.5) is 0 Å². The van der Waals surface area contributed by atoms with Gasteiger partial charge in [-0.15, -0.1) is 11.3 Å². The molecule has 2 aromatic rings. The van der Waals surface area contributed by atoms with Crippen molar-refractivity contribution in [2.45, 2.75) is 26.4 Å². The van der Waals surface area contributed by atoms with E-state index in [0.29, 0.717) is 6.04 Å². The summed E-state index contributed by atoms with van der Waals surface area (Å²) in [4.78, 5) is 5.70. The lowest BCUT2D eigenvalue weighted by molar-refractivity contribution is 0.395. The Balaban J connectivity index is 2.23. The van der Waals surface area contributed by atoms with Crippen LogP contribution in [0.2, 0.25) is 0 Å². The summed E-state index contributed by atoms with van der Waals surface area (Å²) in [7, 11) is 3.31. The molecule has 0 saturated heterocycles. The zero-order valence-electron chi connectivity index (χ0n) is 12.3. The van der Waals surface area contributed by atoms with E-state index in [1.54, 1.807) is 25.6 Å².